The van der Waals surface area contributed by atoms with Crippen LogP contribution in [0.4, 0.5) is 13.2 Å². The summed E-state index contributed by atoms with van der Waals surface area (Å²) in [6, 6.07) is 0. The first-order valence-electron chi connectivity index (χ1n) is 6.82. The van der Waals surface area contributed by atoms with Crippen LogP contribution in [0.15, 0.2) is 12.4 Å². The first kappa shape index (κ1) is 18.9. The van der Waals surface area contributed by atoms with Gasteiger partial charge in [0.1, 0.15) is 0 Å². The van der Waals surface area contributed by atoms with Gasteiger partial charge >= 0.3 is 6.18 Å². The summed E-state index contributed by atoms with van der Waals surface area (Å²) >= 11 is 0. The molecule has 1 atom stereocenters. The standard InChI is InChI=1S/C13H19F3N4O3/c1-8(2)6-9(21)18-19-10(22)7-12(23,13(14,15)16)11-17-4-5-20(11)3/h4-5,8,23H,6-7H2,1-3H3,(H,18,21)(H,19,22)/t12-/m1/s1. The molecule has 0 bridgehead atoms. The van der Waals surface area contributed by atoms with Gasteiger partial charge in [-0.05, 0) is 5.92 Å². The fourth-order valence-electron chi connectivity index (χ4n) is 1.91. The zero-order valence-electron chi connectivity index (χ0n) is 12.9. The van der Waals surface area contributed by atoms with Crippen molar-refractivity contribution in [3.8, 4) is 0 Å². The average Bonchev–Trinajstić information content (AvgIpc) is 2.81. The fourth-order valence-corrected chi connectivity index (χ4v) is 1.91. The van der Waals surface area contributed by atoms with Crippen molar-refractivity contribution < 1.29 is 27.9 Å². The number of amides is 2. The van der Waals surface area contributed by atoms with Crippen molar-refractivity contribution in [2.45, 2.75) is 38.5 Å². The molecule has 0 aromatic carbocycles. The van der Waals surface area contributed by atoms with Gasteiger partial charge in [-0.2, -0.15) is 13.2 Å². The van der Waals surface area contributed by atoms with Crippen LogP contribution in [0.2, 0.25) is 0 Å². The third-order valence-electron chi connectivity index (χ3n) is 3.01. The van der Waals surface area contributed by atoms with Crippen molar-refractivity contribution in [3.05, 3.63) is 18.2 Å². The first-order valence-corrected chi connectivity index (χ1v) is 6.82. The molecule has 130 valence electrons. The largest absolute Gasteiger partial charge is 0.425 e. The molecular weight excluding hydrogens is 317 g/mol. The molecule has 2 amide bonds. The van der Waals surface area contributed by atoms with Gasteiger partial charge in [0.15, 0.2) is 5.82 Å². The van der Waals surface area contributed by atoms with Crippen LogP contribution in [-0.4, -0.2) is 32.6 Å². The average molecular weight is 336 g/mol. The van der Waals surface area contributed by atoms with Crippen molar-refractivity contribution in [1.82, 2.24) is 20.4 Å². The predicted molar refractivity (Wildman–Crippen MR) is 73.5 cm³/mol. The number of rotatable bonds is 5. The van der Waals surface area contributed by atoms with E-state index in [2.05, 4.69) is 4.98 Å². The molecule has 23 heavy (non-hydrogen) atoms. The molecule has 0 radical (unpaired) electrons. The molecule has 3 N–H and O–H groups in total. The van der Waals surface area contributed by atoms with E-state index in [9.17, 15) is 27.9 Å². The molecule has 0 unspecified atom stereocenters. The van der Waals surface area contributed by atoms with Gasteiger partial charge in [-0.25, -0.2) is 4.98 Å². The second-order valence-electron chi connectivity index (χ2n) is 5.59. The topological polar surface area (TPSA) is 96.2 Å². The normalized spacial score (nSPS) is 14.4. The number of aliphatic hydroxyl groups is 1. The number of hydrogen-bond donors (Lipinski definition) is 3. The van der Waals surface area contributed by atoms with Crippen LogP contribution in [0.3, 0.4) is 0 Å². The minimum absolute atomic E-state index is 0.0200. The molecule has 0 fully saturated rings. The third-order valence-corrected chi connectivity index (χ3v) is 3.01. The lowest BCUT2D eigenvalue weighted by atomic mass is 9.97. The number of carbonyl (C=O) groups is 2. The number of nitrogens with one attached hydrogen (secondary N) is 2. The predicted octanol–water partition coefficient (Wildman–Crippen LogP) is 0.754. The SMILES string of the molecule is CC(C)CC(=O)NNC(=O)C[C@@](O)(c1nccn1C)C(F)(F)F. The number of nitrogens with zero attached hydrogens (tertiary/aromatic N) is 2. The van der Waals surface area contributed by atoms with Crippen LogP contribution in [-0.2, 0) is 22.2 Å². The van der Waals surface area contributed by atoms with E-state index in [0.29, 0.717) is 0 Å². The van der Waals surface area contributed by atoms with Gasteiger partial charge in [-0.15, -0.1) is 0 Å². The molecule has 1 heterocycles. The highest BCUT2D eigenvalue weighted by molar-refractivity contribution is 5.82. The minimum Gasteiger partial charge on any atom is -0.374 e. The van der Waals surface area contributed by atoms with E-state index in [0.717, 1.165) is 10.8 Å². The van der Waals surface area contributed by atoms with Crippen LogP contribution in [0.5, 0.6) is 0 Å². The Hall–Kier alpha value is -2.10. The molecule has 0 saturated carbocycles. The molecule has 1 aromatic rings. The molecule has 0 aliphatic heterocycles. The molecule has 0 aliphatic carbocycles. The summed E-state index contributed by atoms with van der Waals surface area (Å²) < 4.78 is 40.6. The molecule has 0 spiro atoms. The Balaban J connectivity index is 2.82. The fraction of sp³-hybridized carbons (Fsp3) is 0.615. The van der Waals surface area contributed by atoms with Crippen molar-refractivity contribution in [2.24, 2.45) is 13.0 Å². The maximum absolute atomic E-state index is 13.2. The van der Waals surface area contributed by atoms with Crippen LogP contribution in [0.1, 0.15) is 32.5 Å². The Morgan fingerprint density at radius 1 is 1.30 bits per heavy atom. The number of aryl methyl sites for hydroxylation is 1. The highest BCUT2D eigenvalue weighted by Gasteiger charge is 2.58. The molecule has 1 aromatic heterocycles. The van der Waals surface area contributed by atoms with Gasteiger partial charge in [0.25, 0.3) is 0 Å². The van der Waals surface area contributed by atoms with Gasteiger partial charge in [0.2, 0.25) is 17.4 Å². The van der Waals surface area contributed by atoms with Gasteiger partial charge in [-0.1, -0.05) is 13.8 Å². The maximum Gasteiger partial charge on any atom is 0.425 e. The number of hydrazine groups is 1. The Kier molecular flexibility index (Phi) is 5.75. The van der Waals surface area contributed by atoms with Crippen LogP contribution in [0, 0.1) is 5.92 Å². The summed E-state index contributed by atoms with van der Waals surface area (Å²) in [5, 5.41) is 9.99. The highest BCUT2D eigenvalue weighted by atomic mass is 19.4. The summed E-state index contributed by atoms with van der Waals surface area (Å²) in [7, 11) is 1.27. The summed E-state index contributed by atoms with van der Waals surface area (Å²) in [6.45, 7) is 3.54. The summed E-state index contributed by atoms with van der Waals surface area (Å²) in [4.78, 5) is 26.5. The third kappa shape index (κ3) is 4.68. The van der Waals surface area contributed by atoms with E-state index < -0.39 is 35.8 Å². The number of carbonyl (C=O) groups excluding carboxylic acids is 2. The maximum atomic E-state index is 13.2. The number of halogens is 3. The number of alkyl halides is 3. The Morgan fingerprint density at radius 3 is 2.30 bits per heavy atom. The van der Waals surface area contributed by atoms with Crippen LogP contribution < -0.4 is 10.9 Å². The van der Waals surface area contributed by atoms with Gasteiger partial charge < -0.3 is 9.67 Å². The van der Waals surface area contributed by atoms with Gasteiger partial charge in [0.05, 0.1) is 6.42 Å². The number of hydrogen-bond acceptors (Lipinski definition) is 4. The van der Waals surface area contributed by atoms with E-state index >= 15 is 0 Å². The van der Waals surface area contributed by atoms with E-state index in [1.54, 1.807) is 13.8 Å². The Bertz CT molecular complexity index is 571. The summed E-state index contributed by atoms with van der Waals surface area (Å²) in [6.07, 6.45) is -4.05. The molecule has 1 rings (SSSR count). The minimum atomic E-state index is -5.12. The lowest BCUT2D eigenvalue weighted by Crippen LogP contribution is -2.50. The van der Waals surface area contributed by atoms with E-state index in [1.165, 1.54) is 13.2 Å². The highest BCUT2D eigenvalue weighted by Crippen LogP contribution is 2.40. The summed E-state index contributed by atoms with van der Waals surface area (Å²) in [5.41, 5.74) is 0.405. The van der Waals surface area contributed by atoms with Crippen molar-refractivity contribution >= 4 is 11.8 Å². The van der Waals surface area contributed by atoms with Crippen LogP contribution >= 0.6 is 0 Å². The van der Waals surface area contributed by atoms with E-state index in [4.69, 9.17) is 0 Å². The molecule has 0 aliphatic rings. The van der Waals surface area contributed by atoms with E-state index in [-0.39, 0.29) is 12.3 Å². The number of aromatic nitrogens is 2. The van der Waals surface area contributed by atoms with Crippen molar-refractivity contribution in [1.29, 1.82) is 0 Å². The quantitative estimate of drug-likeness (QED) is 0.692. The van der Waals surface area contributed by atoms with E-state index in [1.807, 2.05) is 10.9 Å². The molecule has 7 nitrogen and oxygen atoms in total. The number of imidazole rings is 1. The molecule has 0 saturated heterocycles. The first-order chi connectivity index (χ1) is 10.5. The van der Waals surface area contributed by atoms with Crippen LogP contribution in [0.25, 0.3) is 0 Å². The summed E-state index contributed by atoms with van der Waals surface area (Å²) in [5.74, 6) is -2.42. The lowest BCUT2D eigenvalue weighted by Gasteiger charge is -2.29. The zero-order valence-corrected chi connectivity index (χ0v) is 12.9. The molecular formula is C13H19F3N4O3. The zero-order chi connectivity index (χ0) is 17.8. The lowest BCUT2D eigenvalue weighted by molar-refractivity contribution is -0.271. The van der Waals surface area contributed by atoms with Crippen molar-refractivity contribution in [3.63, 3.8) is 0 Å². The second-order valence-corrected chi connectivity index (χ2v) is 5.59. The van der Waals surface area contributed by atoms with Gasteiger partial charge in [-0.3, -0.25) is 20.4 Å². The van der Waals surface area contributed by atoms with Gasteiger partial charge in [0, 0.05) is 25.9 Å². The molecule has 10 heteroatoms. The smallest absolute Gasteiger partial charge is 0.374 e. The Morgan fingerprint density at radius 2 is 1.87 bits per heavy atom. The second kappa shape index (κ2) is 6.99. The van der Waals surface area contributed by atoms with Crippen molar-refractivity contribution in [2.75, 3.05) is 0 Å². The monoisotopic (exact) mass is 336 g/mol. The Labute approximate surface area is 130 Å².